The Labute approximate surface area is 108 Å². The van der Waals surface area contributed by atoms with Crippen LogP contribution in [0.2, 0.25) is 0 Å². The fourth-order valence-corrected chi connectivity index (χ4v) is 3.64. The molecule has 0 saturated carbocycles. The molecule has 0 aromatic heterocycles. The lowest BCUT2D eigenvalue weighted by molar-refractivity contribution is 0.566. The van der Waals surface area contributed by atoms with E-state index < -0.39 is 10.2 Å². The molecule has 1 aliphatic rings. The van der Waals surface area contributed by atoms with Crippen molar-refractivity contribution < 1.29 is 8.42 Å². The highest BCUT2D eigenvalue weighted by molar-refractivity contribution is 7.90. The number of nitrogens with two attached hydrogens (primary N) is 1. The molecule has 0 spiro atoms. The van der Waals surface area contributed by atoms with Crippen molar-refractivity contribution in [3.05, 3.63) is 23.3 Å². The van der Waals surface area contributed by atoms with Crippen molar-refractivity contribution in [3.8, 4) is 0 Å². The SMILES string of the molecule is Cc1cc2c(cc1N)N(S(=O)(=O)NC(C)C)CC2. The Morgan fingerprint density at radius 3 is 2.67 bits per heavy atom. The van der Waals surface area contributed by atoms with E-state index in [0.29, 0.717) is 17.9 Å². The van der Waals surface area contributed by atoms with Crippen LogP contribution in [0.4, 0.5) is 11.4 Å². The summed E-state index contributed by atoms with van der Waals surface area (Å²) in [5.74, 6) is 0. The zero-order valence-electron chi connectivity index (χ0n) is 10.9. The second kappa shape index (κ2) is 4.44. The number of nitrogen functional groups attached to an aromatic ring is 1. The molecule has 0 aliphatic carbocycles. The van der Waals surface area contributed by atoms with Gasteiger partial charge in [0.1, 0.15) is 0 Å². The molecular weight excluding hydrogens is 250 g/mol. The minimum absolute atomic E-state index is 0.123. The summed E-state index contributed by atoms with van der Waals surface area (Å²) >= 11 is 0. The van der Waals surface area contributed by atoms with E-state index in [4.69, 9.17) is 5.73 Å². The first-order valence-corrected chi connectivity index (χ1v) is 7.44. The van der Waals surface area contributed by atoms with Crippen molar-refractivity contribution in [2.75, 3.05) is 16.6 Å². The summed E-state index contributed by atoms with van der Waals surface area (Å²) in [4.78, 5) is 0. The highest BCUT2D eigenvalue weighted by atomic mass is 32.2. The number of aryl methyl sites for hydroxylation is 1. The van der Waals surface area contributed by atoms with Gasteiger partial charge >= 0.3 is 10.2 Å². The van der Waals surface area contributed by atoms with Gasteiger partial charge in [-0.1, -0.05) is 6.07 Å². The molecule has 1 aliphatic heterocycles. The van der Waals surface area contributed by atoms with Crippen LogP contribution in [0.5, 0.6) is 0 Å². The predicted molar refractivity (Wildman–Crippen MR) is 73.8 cm³/mol. The molecule has 0 atom stereocenters. The van der Waals surface area contributed by atoms with Crippen LogP contribution in [0.25, 0.3) is 0 Å². The molecule has 18 heavy (non-hydrogen) atoms. The van der Waals surface area contributed by atoms with Crippen LogP contribution in [0.3, 0.4) is 0 Å². The van der Waals surface area contributed by atoms with Crippen molar-refractivity contribution in [2.45, 2.75) is 33.2 Å². The van der Waals surface area contributed by atoms with E-state index in [1.54, 1.807) is 19.9 Å². The van der Waals surface area contributed by atoms with Gasteiger partial charge in [-0.05, 0) is 44.4 Å². The molecule has 0 radical (unpaired) electrons. The predicted octanol–water partition coefficient (Wildman–Crippen LogP) is 1.18. The number of nitrogens with zero attached hydrogens (tertiary/aromatic N) is 1. The van der Waals surface area contributed by atoms with Crippen molar-refractivity contribution in [2.24, 2.45) is 0 Å². The van der Waals surface area contributed by atoms with Gasteiger partial charge < -0.3 is 5.73 Å². The van der Waals surface area contributed by atoms with Crippen LogP contribution in [0.15, 0.2) is 12.1 Å². The quantitative estimate of drug-likeness (QED) is 0.809. The maximum atomic E-state index is 12.2. The van der Waals surface area contributed by atoms with Gasteiger partial charge in [0.15, 0.2) is 0 Å². The van der Waals surface area contributed by atoms with E-state index in [9.17, 15) is 8.42 Å². The Hall–Kier alpha value is -1.27. The second-order valence-electron chi connectivity index (χ2n) is 4.94. The minimum Gasteiger partial charge on any atom is -0.398 e. The van der Waals surface area contributed by atoms with Gasteiger partial charge in [0.05, 0.1) is 5.69 Å². The molecule has 0 unspecified atom stereocenters. The summed E-state index contributed by atoms with van der Waals surface area (Å²) in [7, 11) is -3.47. The molecule has 0 fully saturated rings. The molecule has 2 rings (SSSR count). The lowest BCUT2D eigenvalue weighted by Gasteiger charge is -2.21. The van der Waals surface area contributed by atoms with E-state index in [-0.39, 0.29) is 6.04 Å². The average molecular weight is 269 g/mol. The van der Waals surface area contributed by atoms with E-state index in [2.05, 4.69) is 4.72 Å². The van der Waals surface area contributed by atoms with E-state index in [1.165, 1.54) is 4.31 Å². The van der Waals surface area contributed by atoms with Crippen LogP contribution in [-0.2, 0) is 16.6 Å². The average Bonchev–Trinajstić information content (AvgIpc) is 2.60. The zero-order valence-corrected chi connectivity index (χ0v) is 11.7. The van der Waals surface area contributed by atoms with Crippen molar-refractivity contribution in [1.29, 1.82) is 0 Å². The largest absolute Gasteiger partial charge is 0.398 e. The number of nitrogens with one attached hydrogen (secondary N) is 1. The van der Waals surface area contributed by atoms with E-state index in [1.807, 2.05) is 13.0 Å². The molecular formula is C12H19N3O2S. The number of hydrogen-bond donors (Lipinski definition) is 2. The van der Waals surface area contributed by atoms with E-state index >= 15 is 0 Å². The summed E-state index contributed by atoms with van der Waals surface area (Å²) < 4.78 is 28.3. The Morgan fingerprint density at radius 1 is 1.39 bits per heavy atom. The Balaban J connectivity index is 2.40. The van der Waals surface area contributed by atoms with Crippen LogP contribution in [-0.4, -0.2) is 21.0 Å². The lowest BCUT2D eigenvalue weighted by Crippen LogP contribution is -2.42. The van der Waals surface area contributed by atoms with Crippen LogP contribution in [0, 0.1) is 6.92 Å². The Kier molecular flexibility index (Phi) is 3.25. The fourth-order valence-electron chi connectivity index (χ4n) is 2.16. The maximum Gasteiger partial charge on any atom is 0.301 e. The first-order valence-electron chi connectivity index (χ1n) is 6.00. The second-order valence-corrected chi connectivity index (χ2v) is 6.56. The van der Waals surface area contributed by atoms with Crippen LogP contribution < -0.4 is 14.8 Å². The van der Waals surface area contributed by atoms with E-state index in [0.717, 1.165) is 17.5 Å². The fraction of sp³-hybridized carbons (Fsp3) is 0.500. The summed E-state index contributed by atoms with van der Waals surface area (Å²) in [6, 6.07) is 3.59. The number of fused-ring (bicyclic) bond motifs is 1. The smallest absolute Gasteiger partial charge is 0.301 e. The number of benzene rings is 1. The van der Waals surface area contributed by atoms with Gasteiger partial charge in [-0.25, -0.2) is 0 Å². The third-order valence-electron chi connectivity index (χ3n) is 2.99. The minimum atomic E-state index is -3.47. The molecule has 1 aromatic rings. The first kappa shape index (κ1) is 13.2. The maximum absolute atomic E-state index is 12.2. The molecule has 0 saturated heterocycles. The third kappa shape index (κ3) is 2.30. The molecule has 0 bridgehead atoms. The summed E-state index contributed by atoms with van der Waals surface area (Å²) in [5.41, 5.74) is 9.21. The van der Waals surface area contributed by atoms with Crippen molar-refractivity contribution >= 4 is 21.6 Å². The molecule has 3 N–H and O–H groups in total. The van der Waals surface area contributed by atoms with Crippen LogP contribution in [0.1, 0.15) is 25.0 Å². The van der Waals surface area contributed by atoms with Crippen molar-refractivity contribution in [1.82, 2.24) is 4.72 Å². The van der Waals surface area contributed by atoms with Gasteiger partial charge in [0.25, 0.3) is 0 Å². The molecule has 0 amide bonds. The monoisotopic (exact) mass is 269 g/mol. The normalized spacial score (nSPS) is 15.2. The highest BCUT2D eigenvalue weighted by Crippen LogP contribution is 2.33. The first-order chi connectivity index (χ1) is 8.31. The molecule has 1 aromatic carbocycles. The van der Waals surface area contributed by atoms with Gasteiger partial charge in [0.2, 0.25) is 0 Å². The van der Waals surface area contributed by atoms with Gasteiger partial charge in [-0.3, -0.25) is 4.31 Å². The summed E-state index contributed by atoms with van der Waals surface area (Å²) in [6.45, 7) is 6.01. The summed E-state index contributed by atoms with van der Waals surface area (Å²) in [6.07, 6.45) is 0.732. The molecule has 6 heteroatoms. The Bertz CT molecular complexity index is 567. The molecule has 5 nitrogen and oxygen atoms in total. The molecule has 1 heterocycles. The third-order valence-corrected chi connectivity index (χ3v) is 4.72. The lowest BCUT2D eigenvalue weighted by atomic mass is 10.1. The van der Waals surface area contributed by atoms with Crippen LogP contribution >= 0.6 is 0 Å². The number of hydrogen-bond acceptors (Lipinski definition) is 3. The zero-order chi connectivity index (χ0) is 13.5. The van der Waals surface area contributed by atoms with Gasteiger partial charge in [0, 0.05) is 18.3 Å². The van der Waals surface area contributed by atoms with Gasteiger partial charge in [-0.2, -0.15) is 13.1 Å². The topological polar surface area (TPSA) is 75.4 Å². The standard InChI is InChI=1S/C12H19N3O2S/c1-8(2)14-18(16,17)15-5-4-10-6-9(3)11(13)7-12(10)15/h6-8,14H,4-5,13H2,1-3H3. The van der Waals surface area contributed by atoms with Gasteiger partial charge in [-0.15, -0.1) is 0 Å². The molecule has 100 valence electrons. The Morgan fingerprint density at radius 2 is 2.06 bits per heavy atom. The number of anilines is 2. The highest BCUT2D eigenvalue weighted by Gasteiger charge is 2.30. The number of rotatable bonds is 3. The van der Waals surface area contributed by atoms with Crippen molar-refractivity contribution in [3.63, 3.8) is 0 Å². The summed E-state index contributed by atoms with van der Waals surface area (Å²) in [5, 5.41) is 0.